The molecular formula is C20H16N2O2S. The van der Waals surface area contributed by atoms with Gasteiger partial charge in [0, 0.05) is 39.1 Å². The molecule has 25 heavy (non-hydrogen) atoms. The second-order valence-corrected chi connectivity index (χ2v) is 6.59. The number of nitrogens with one attached hydrogen (secondary N) is 1. The second kappa shape index (κ2) is 6.53. The van der Waals surface area contributed by atoms with Crippen molar-refractivity contribution in [2.45, 2.75) is 6.92 Å². The maximum Gasteiger partial charge on any atom is 0.256 e. The largest absolute Gasteiger partial charge is 0.492 e. The molecule has 0 aliphatic heterocycles. The third-order valence-electron chi connectivity index (χ3n) is 3.97. The van der Waals surface area contributed by atoms with Crippen LogP contribution in [0.1, 0.15) is 17.3 Å². The lowest BCUT2D eigenvalue weighted by Gasteiger charge is -2.09. The van der Waals surface area contributed by atoms with E-state index < -0.39 is 0 Å². The predicted octanol–water partition coefficient (Wildman–Crippen LogP) is 5.10. The Labute approximate surface area is 149 Å². The van der Waals surface area contributed by atoms with Crippen LogP contribution in [0.5, 0.6) is 5.75 Å². The Hall–Kier alpha value is -2.92. The minimum atomic E-state index is -0.136. The first kappa shape index (κ1) is 15.6. The fourth-order valence-corrected chi connectivity index (χ4v) is 4.09. The molecule has 0 spiro atoms. The molecule has 2 aromatic heterocycles. The average Bonchev–Trinajstić information content (AvgIpc) is 3.03. The number of rotatable bonds is 4. The first-order chi connectivity index (χ1) is 12.3. The Morgan fingerprint density at radius 3 is 2.72 bits per heavy atom. The van der Waals surface area contributed by atoms with Gasteiger partial charge in [-0.3, -0.25) is 9.78 Å². The van der Waals surface area contributed by atoms with Gasteiger partial charge in [0.2, 0.25) is 0 Å². The van der Waals surface area contributed by atoms with Crippen LogP contribution in [0.25, 0.3) is 20.2 Å². The van der Waals surface area contributed by atoms with Crippen LogP contribution in [0, 0.1) is 0 Å². The van der Waals surface area contributed by atoms with Crippen molar-refractivity contribution in [3.8, 4) is 5.75 Å². The van der Waals surface area contributed by atoms with Gasteiger partial charge in [-0.05, 0) is 37.3 Å². The predicted molar refractivity (Wildman–Crippen MR) is 103 cm³/mol. The lowest BCUT2D eigenvalue weighted by atomic mass is 10.0. The van der Waals surface area contributed by atoms with Crippen LogP contribution in [0.2, 0.25) is 0 Å². The molecule has 124 valence electrons. The minimum Gasteiger partial charge on any atom is -0.492 e. The van der Waals surface area contributed by atoms with E-state index in [0.717, 1.165) is 31.6 Å². The monoisotopic (exact) mass is 348 g/mol. The van der Waals surface area contributed by atoms with Crippen molar-refractivity contribution in [3.05, 3.63) is 66.5 Å². The van der Waals surface area contributed by atoms with Crippen LogP contribution in [0.15, 0.2) is 60.9 Å². The molecule has 0 bridgehead atoms. The lowest BCUT2D eigenvalue weighted by molar-refractivity contribution is 0.102. The van der Waals surface area contributed by atoms with Gasteiger partial charge in [0.25, 0.3) is 5.91 Å². The normalized spacial score (nSPS) is 10.9. The molecule has 4 rings (SSSR count). The molecule has 5 heteroatoms. The third-order valence-corrected chi connectivity index (χ3v) is 5.16. The van der Waals surface area contributed by atoms with E-state index in [1.165, 1.54) is 0 Å². The fourth-order valence-electron chi connectivity index (χ4n) is 2.90. The first-order valence-electron chi connectivity index (χ1n) is 8.06. The Balaban J connectivity index is 1.89. The molecule has 1 amide bonds. The zero-order valence-electron chi connectivity index (χ0n) is 13.7. The molecule has 1 N–H and O–H groups in total. The van der Waals surface area contributed by atoms with Crippen molar-refractivity contribution >= 4 is 43.1 Å². The molecule has 0 aliphatic rings. The van der Waals surface area contributed by atoms with E-state index in [1.54, 1.807) is 35.9 Å². The van der Waals surface area contributed by atoms with Gasteiger partial charge in [-0.25, -0.2) is 0 Å². The number of nitrogens with zero attached hydrogens (tertiary/aromatic N) is 1. The number of amides is 1. The lowest BCUT2D eigenvalue weighted by Crippen LogP contribution is -2.12. The molecule has 0 atom stereocenters. The van der Waals surface area contributed by atoms with E-state index >= 15 is 0 Å². The van der Waals surface area contributed by atoms with Crippen LogP contribution in [-0.4, -0.2) is 17.5 Å². The SMILES string of the molecule is CCOc1ccc(C(=O)Nc2ccncc2)c2c1sc1ccccc12. The molecule has 2 heterocycles. The summed E-state index contributed by atoms with van der Waals surface area (Å²) in [5, 5.41) is 4.96. The van der Waals surface area contributed by atoms with Crippen LogP contribution < -0.4 is 10.1 Å². The Bertz CT molecular complexity index is 1060. The van der Waals surface area contributed by atoms with Gasteiger partial charge >= 0.3 is 0 Å². The quantitative estimate of drug-likeness (QED) is 0.558. The molecule has 0 saturated heterocycles. The number of pyridine rings is 1. The summed E-state index contributed by atoms with van der Waals surface area (Å²) >= 11 is 1.65. The maximum atomic E-state index is 12.9. The van der Waals surface area contributed by atoms with Gasteiger partial charge < -0.3 is 10.1 Å². The van der Waals surface area contributed by atoms with Gasteiger partial charge in [0.1, 0.15) is 5.75 Å². The zero-order chi connectivity index (χ0) is 17.2. The highest BCUT2D eigenvalue weighted by molar-refractivity contribution is 7.26. The van der Waals surface area contributed by atoms with Gasteiger partial charge in [0.15, 0.2) is 0 Å². The molecule has 0 aliphatic carbocycles. The second-order valence-electron chi connectivity index (χ2n) is 5.54. The summed E-state index contributed by atoms with van der Waals surface area (Å²) in [6.45, 7) is 2.55. The van der Waals surface area contributed by atoms with Gasteiger partial charge in [-0.15, -0.1) is 11.3 Å². The number of fused-ring (bicyclic) bond motifs is 3. The number of aromatic nitrogens is 1. The van der Waals surface area contributed by atoms with Gasteiger partial charge in [-0.1, -0.05) is 18.2 Å². The smallest absolute Gasteiger partial charge is 0.256 e. The van der Waals surface area contributed by atoms with Crippen LogP contribution in [0.4, 0.5) is 5.69 Å². The number of hydrogen-bond acceptors (Lipinski definition) is 4. The van der Waals surface area contributed by atoms with Crippen molar-refractivity contribution in [1.82, 2.24) is 4.98 Å². The fraction of sp³-hybridized carbons (Fsp3) is 0.100. The van der Waals surface area contributed by atoms with Crippen LogP contribution in [0.3, 0.4) is 0 Å². The summed E-state index contributed by atoms with van der Waals surface area (Å²) in [5.41, 5.74) is 1.37. The summed E-state index contributed by atoms with van der Waals surface area (Å²) < 4.78 is 7.92. The van der Waals surface area contributed by atoms with E-state index in [-0.39, 0.29) is 5.91 Å². The van der Waals surface area contributed by atoms with Crippen molar-refractivity contribution < 1.29 is 9.53 Å². The summed E-state index contributed by atoms with van der Waals surface area (Å²) in [6, 6.07) is 15.4. The van der Waals surface area contributed by atoms with E-state index in [0.29, 0.717) is 12.2 Å². The Kier molecular flexibility index (Phi) is 4.07. The maximum absolute atomic E-state index is 12.9. The van der Waals surface area contributed by atoms with Crippen molar-refractivity contribution in [3.63, 3.8) is 0 Å². The van der Waals surface area contributed by atoms with Crippen LogP contribution in [-0.2, 0) is 0 Å². The molecular weight excluding hydrogens is 332 g/mol. The number of hydrogen-bond donors (Lipinski definition) is 1. The molecule has 2 aromatic carbocycles. The standard InChI is InChI=1S/C20H16N2O2S/c1-2-24-16-8-7-15(20(23)22-13-9-11-21-12-10-13)18-14-5-3-4-6-17(14)25-19(16)18/h3-12H,2H2,1H3,(H,21,22,23). The number of carbonyl (C=O) groups excluding carboxylic acids is 1. The highest BCUT2D eigenvalue weighted by atomic mass is 32.1. The Morgan fingerprint density at radius 2 is 1.92 bits per heavy atom. The van der Waals surface area contributed by atoms with E-state index in [2.05, 4.69) is 16.4 Å². The topological polar surface area (TPSA) is 51.2 Å². The number of benzene rings is 2. The summed E-state index contributed by atoms with van der Waals surface area (Å²) in [7, 11) is 0. The van der Waals surface area contributed by atoms with Crippen LogP contribution >= 0.6 is 11.3 Å². The van der Waals surface area contributed by atoms with Gasteiger partial charge in [0.05, 0.1) is 11.3 Å². The molecule has 0 unspecified atom stereocenters. The minimum absolute atomic E-state index is 0.136. The highest BCUT2D eigenvalue weighted by Crippen LogP contribution is 2.41. The van der Waals surface area contributed by atoms with Crippen molar-refractivity contribution in [1.29, 1.82) is 0 Å². The average molecular weight is 348 g/mol. The zero-order valence-corrected chi connectivity index (χ0v) is 14.5. The third kappa shape index (κ3) is 2.83. The summed E-state index contributed by atoms with van der Waals surface area (Å²) in [6.07, 6.45) is 3.31. The number of anilines is 1. The molecule has 4 nitrogen and oxygen atoms in total. The molecule has 4 aromatic rings. The summed E-state index contributed by atoms with van der Waals surface area (Å²) in [5.74, 6) is 0.682. The summed E-state index contributed by atoms with van der Waals surface area (Å²) in [4.78, 5) is 16.8. The number of thiophene rings is 1. The first-order valence-corrected chi connectivity index (χ1v) is 8.88. The number of carbonyl (C=O) groups is 1. The van der Waals surface area contributed by atoms with E-state index in [1.807, 2.05) is 37.3 Å². The van der Waals surface area contributed by atoms with Crippen molar-refractivity contribution in [2.75, 3.05) is 11.9 Å². The van der Waals surface area contributed by atoms with E-state index in [4.69, 9.17) is 4.74 Å². The molecule has 0 radical (unpaired) electrons. The highest BCUT2D eigenvalue weighted by Gasteiger charge is 2.18. The molecule has 0 saturated carbocycles. The van der Waals surface area contributed by atoms with E-state index in [9.17, 15) is 4.79 Å². The van der Waals surface area contributed by atoms with Gasteiger partial charge in [-0.2, -0.15) is 0 Å². The number of ether oxygens (including phenoxy) is 1. The molecule has 0 fully saturated rings. The van der Waals surface area contributed by atoms with Crippen molar-refractivity contribution in [2.24, 2.45) is 0 Å². The Morgan fingerprint density at radius 1 is 1.12 bits per heavy atom.